The van der Waals surface area contributed by atoms with Crippen LogP contribution >= 0.6 is 0 Å². The van der Waals surface area contributed by atoms with Gasteiger partial charge in [0, 0.05) is 36.8 Å². The van der Waals surface area contributed by atoms with Crippen LogP contribution < -0.4 is 4.90 Å². The SMILES string of the molecule is COC(CCC(=O)O)=NC1CC(C(F)(F)F)CN(c2ccc(C#N)c3ncccc23)C1. The van der Waals surface area contributed by atoms with Gasteiger partial charge in [-0.15, -0.1) is 0 Å². The molecule has 0 bridgehead atoms. The fraction of sp³-hybridized carbons (Fsp3) is 0.429. The highest BCUT2D eigenvalue weighted by Crippen LogP contribution is 2.38. The number of carboxylic acid groups (broad SMARTS) is 1. The molecule has 1 fully saturated rings. The molecule has 0 amide bonds. The Bertz CT molecular complexity index is 1030. The average Bonchev–Trinajstić information content (AvgIpc) is 2.74. The maximum atomic E-state index is 13.7. The number of nitriles is 1. The summed E-state index contributed by atoms with van der Waals surface area (Å²) in [6.07, 6.45) is -3.32. The van der Waals surface area contributed by atoms with Gasteiger partial charge in [0.1, 0.15) is 6.07 Å². The summed E-state index contributed by atoms with van der Waals surface area (Å²) in [5.41, 5.74) is 1.31. The lowest BCUT2D eigenvalue weighted by molar-refractivity contribution is -0.177. The molecule has 164 valence electrons. The van der Waals surface area contributed by atoms with Crippen molar-refractivity contribution in [2.75, 3.05) is 25.1 Å². The third-order valence-corrected chi connectivity index (χ3v) is 5.21. The van der Waals surface area contributed by atoms with Crippen LogP contribution in [-0.4, -0.2) is 54.4 Å². The van der Waals surface area contributed by atoms with Gasteiger partial charge in [-0.1, -0.05) is 0 Å². The minimum absolute atomic E-state index is 0.00271. The number of ether oxygens (including phenoxy) is 1. The van der Waals surface area contributed by atoms with Gasteiger partial charge in [-0.2, -0.15) is 18.4 Å². The van der Waals surface area contributed by atoms with Gasteiger partial charge in [-0.25, -0.2) is 0 Å². The molecule has 1 aliphatic heterocycles. The summed E-state index contributed by atoms with van der Waals surface area (Å²) >= 11 is 0. The molecule has 1 aromatic carbocycles. The molecule has 0 radical (unpaired) electrons. The number of fused-ring (bicyclic) bond motifs is 1. The molecule has 2 atom stereocenters. The summed E-state index contributed by atoms with van der Waals surface area (Å²) in [7, 11) is 1.32. The molecule has 1 aromatic heterocycles. The van der Waals surface area contributed by atoms with E-state index in [4.69, 9.17) is 9.84 Å². The molecular weight excluding hydrogens is 413 g/mol. The van der Waals surface area contributed by atoms with Gasteiger partial charge in [0.25, 0.3) is 0 Å². The summed E-state index contributed by atoms with van der Waals surface area (Å²) in [4.78, 5) is 20.9. The van der Waals surface area contributed by atoms with Crippen LogP contribution in [0.15, 0.2) is 35.5 Å². The summed E-state index contributed by atoms with van der Waals surface area (Å²) in [5.74, 6) is -2.55. The lowest BCUT2D eigenvalue weighted by Gasteiger charge is -2.39. The van der Waals surface area contributed by atoms with Crippen LogP contribution in [0.5, 0.6) is 0 Å². The lowest BCUT2D eigenvalue weighted by Crippen LogP contribution is -2.47. The molecule has 10 heteroatoms. The van der Waals surface area contributed by atoms with E-state index in [0.29, 0.717) is 22.2 Å². The predicted molar refractivity (Wildman–Crippen MR) is 108 cm³/mol. The summed E-state index contributed by atoms with van der Waals surface area (Å²) < 4.78 is 46.1. The number of aromatic nitrogens is 1. The van der Waals surface area contributed by atoms with Gasteiger partial charge < -0.3 is 14.7 Å². The topological polar surface area (TPSA) is 98.8 Å². The Morgan fingerprint density at radius 2 is 2.13 bits per heavy atom. The van der Waals surface area contributed by atoms with Gasteiger partial charge in [-0.05, 0) is 30.7 Å². The van der Waals surface area contributed by atoms with Gasteiger partial charge in [0.2, 0.25) is 0 Å². The Morgan fingerprint density at radius 3 is 2.77 bits per heavy atom. The second-order valence-corrected chi connectivity index (χ2v) is 7.30. The van der Waals surface area contributed by atoms with Crippen molar-refractivity contribution < 1.29 is 27.8 Å². The van der Waals surface area contributed by atoms with Crippen LogP contribution in [0, 0.1) is 17.2 Å². The van der Waals surface area contributed by atoms with Crippen molar-refractivity contribution in [2.45, 2.75) is 31.5 Å². The molecule has 7 nitrogen and oxygen atoms in total. The van der Waals surface area contributed by atoms with Crippen molar-refractivity contribution >= 4 is 28.5 Å². The first-order valence-electron chi connectivity index (χ1n) is 9.65. The van der Waals surface area contributed by atoms with Crippen LogP contribution in [0.3, 0.4) is 0 Å². The molecule has 1 aliphatic rings. The van der Waals surface area contributed by atoms with E-state index >= 15 is 0 Å². The maximum Gasteiger partial charge on any atom is 0.393 e. The van der Waals surface area contributed by atoms with E-state index in [1.54, 1.807) is 29.2 Å². The van der Waals surface area contributed by atoms with E-state index in [1.165, 1.54) is 13.3 Å². The van der Waals surface area contributed by atoms with E-state index in [0.717, 1.165) is 0 Å². The fourth-order valence-corrected chi connectivity index (χ4v) is 3.76. The number of anilines is 1. The van der Waals surface area contributed by atoms with Crippen LogP contribution in [0.2, 0.25) is 0 Å². The summed E-state index contributed by atoms with van der Waals surface area (Å²) in [6.45, 7) is -0.0503. The zero-order valence-corrected chi connectivity index (χ0v) is 16.8. The van der Waals surface area contributed by atoms with E-state index in [9.17, 15) is 23.2 Å². The van der Waals surface area contributed by atoms with Crippen molar-refractivity contribution in [3.63, 3.8) is 0 Å². The van der Waals surface area contributed by atoms with Crippen molar-refractivity contribution in [1.82, 2.24) is 4.98 Å². The van der Waals surface area contributed by atoms with Gasteiger partial charge in [-0.3, -0.25) is 14.8 Å². The van der Waals surface area contributed by atoms with Crippen LogP contribution in [0.25, 0.3) is 10.9 Å². The predicted octanol–water partition coefficient (Wildman–Crippen LogP) is 3.77. The fourth-order valence-electron chi connectivity index (χ4n) is 3.76. The first-order valence-corrected chi connectivity index (χ1v) is 9.65. The highest BCUT2D eigenvalue weighted by atomic mass is 19.4. The Morgan fingerprint density at radius 1 is 1.35 bits per heavy atom. The van der Waals surface area contributed by atoms with Crippen LogP contribution in [0.1, 0.15) is 24.8 Å². The number of hydrogen-bond donors (Lipinski definition) is 1. The van der Waals surface area contributed by atoms with Crippen LogP contribution in [0.4, 0.5) is 18.9 Å². The molecule has 2 unspecified atom stereocenters. The summed E-state index contributed by atoms with van der Waals surface area (Å²) in [6, 6.07) is 7.89. The molecule has 0 aliphatic carbocycles. The maximum absolute atomic E-state index is 13.7. The monoisotopic (exact) mass is 434 g/mol. The smallest absolute Gasteiger partial charge is 0.393 e. The highest BCUT2D eigenvalue weighted by Gasteiger charge is 2.45. The van der Waals surface area contributed by atoms with Crippen molar-refractivity contribution in [2.24, 2.45) is 10.9 Å². The van der Waals surface area contributed by atoms with Crippen molar-refractivity contribution in [1.29, 1.82) is 5.26 Å². The number of alkyl halides is 3. The molecule has 31 heavy (non-hydrogen) atoms. The number of rotatable bonds is 5. The van der Waals surface area contributed by atoms with E-state index in [-0.39, 0.29) is 38.2 Å². The Hall–Kier alpha value is -3.35. The van der Waals surface area contributed by atoms with Crippen LogP contribution in [-0.2, 0) is 9.53 Å². The molecule has 2 heterocycles. The minimum Gasteiger partial charge on any atom is -0.484 e. The number of methoxy groups -OCH3 is 1. The van der Waals surface area contributed by atoms with E-state index in [2.05, 4.69) is 16.0 Å². The average molecular weight is 434 g/mol. The third-order valence-electron chi connectivity index (χ3n) is 5.21. The first kappa shape index (κ1) is 22.3. The molecule has 2 aromatic rings. The standard InChI is InChI=1S/C21H21F3N4O3/c1-31-18(6-7-19(29)30)27-15-9-14(21(22,23)24)11-28(12-15)17-5-4-13(10-25)20-16(17)3-2-8-26-20/h2-5,8,14-15H,6-7,9,11-12H2,1H3,(H,29,30). The molecule has 3 rings (SSSR count). The van der Waals surface area contributed by atoms with Crippen molar-refractivity contribution in [3.05, 3.63) is 36.0 Å². The minimum atomic E-state index is -4.42. The Labute approximate surface area is 176 Å². The quantitative estimate of drug-likeness (QED) is 0.568. The molecule has 1 saturated heterocycles. The van der Waals surface area contributed by atoms with E-state index in [1.807, 2.05) is 0 Å². The van der Waals surface area contributed by atoms with Gasteiger partial charge in [0.05, 0.1) is 36.6 Å². The summed E-state index contributed by atoms with van der Waals surface area (Å²) in [5, 5.41) is 18.8. The lowest BCUT2D eigenvalue weighted by atomic mass is 9.92. The van der Waals surface area contributed by atoms with E-state index < -0.39 is 24.1 Å². The van der Waals surface area contributed by atoms with Gasteiger partial charge in [0.15, 0.2) is 5.90 Å². The number of halogens is 3. The van der Waals surface area contributed by atoms with Crippen molar-refractivity contribution in [3.8, 4) is 6.07 Å². The second kappa shape index (κ2) is 9.20. The largest absolute Gasteiger partial charge is 0.484 e. The normalized spacial score (nSPS) is 19.8. The number of carboxylic acids is 1. The molecule has 1 N–H and O–H groups in total. The molecular formula is C21H21F3N4O3. The number of pyridine rings is 1. The van der Waals surface area contributed by atoms with Gasteiger partial charge >= 0.3 is 12.1 Å². The second-order valence-electron chi connectivity index (χ2n) is 7.30. The number of aliphatic imine (C=N–C) groups is 1. The number of aliphatic carboxylic acids is 1. The number of piperidine rings is 1. The number of hydrogen-bond acceptors (Lipinski definition) is 6. The molecule has 0 saturated carbocycles. The Balaban J connectivity index is 1.98. The highest BCUT2D eigenvalue weighted by molar-refractivity contribution is 5.95. The number of nitrogens with zero attached hydrogens (tertiary/aromatic N) is 4. The number of carbonyl (C=O) groups is 1. The third kappa shape index (κ3) is 5.23. The zero-order chi connectivity index (χ0) is 22.6. The number of benzene rings is 1. The molecule has 0 spiro atoms. The Kier molecular flexibility index (Phi) is 6.63. The zero-order valence-electron chi connectivity index (χ0n) is 16.8. The first-order chi connectivity index (χ1) is 14.7.